The van der Waals surface area contributed by atoms with Crippen LogP contribution in [0.2, 0.25) is 5.02 Å². The van der Waals surface area contributed by atoms with Gasteiger partial charge in [-0.3, -0.25) is 0 Å². The van der Waals surface area contributed by atoms with E-state index in [2.05, 4.69) is 17.0 Å². The van der Waals surface area contributed by atoms with Crippen molar-refractivity contribution in [3.05, 3.63) is 28.8 Å². The lowest BCUT2D eigenvalue weighted by atomic mass is 10.2. The van der Waals surface area contributed by atoms with Crippen molar-refractivity contribution in [2.24, 2.45) is 5.90 Å². The van der Waals surface area contributed by atoms with E-state index in [0.717, 1.165) is 16.7 Å². The van der Waals surface area contributed by atoms with Crippen LogP contribution in [0.3, 0.4) is 0 Å². The van der Waals surface area contributed by atoms with Crippen LogP contribution in [-0.4, -0.2) is 11.9 Å². The van der Waals surface area contributed by atoms with Gasteiger partial charge in [0.25, 0.3) is 0 Å². The summed E-state index contributed by atoms with van der Waals surface area (Å²) in [6.07, 6.45) is 3.46. The van der Waals surface area contributed by atoms with E-state index in [1.807, 2.05) is 17.8 Å². The second-order valence-electron chi connectivity index (χ2n) is 3.70. The summed E-state index contributed by atoms with van der Waals surface area (Å²) >= 11 is 8.07. The molecule has 0 radical (unpaired) electrons. The summed E-state index contributed by atoms with van der Waals surface area (Å²) in [7, 11) is 0. The lowest BCUT2D eigenvalue weighted by Crippen LogP contribution is -2.03. The first-order valence-electron chi connectivity index (χ1n) is 5.06. The van der Waals surface area contributed by atoms with Crippen molar-refractivity contribution in [1.82, 2.24) is 0 Å². The number of hydrogen-bond donors (Lipinski definition) is 1. The second-order valence-corrected chi connectivity index (χ2v) is 5.45. The molecule has 1 aromatic carbocycles. The van der Waals surface area contributed by atoms with Gasteiger partial charge in [-0.25, -0.2) is 5.90 Å². The Balaban J connectivity index is 2.00. The predicted molar refractivity (Wildman–Crippen MR) is 64.2 cm³/mol. The molecule has 1 saturated carbocycles. The molecule has 1 fully saturated rings. The number of hydrogen-bond acceptors (Lipinski definition) is 3. The van der Waals surface area contributed by atoms with Crippen LogP contribution in [0, 0.1) is 0 Å². The van der Waals surface area contributed by atoms with Gasteiger partial charge in [-0.05, 0) is 37.0 Å². The zero-order valence-electron chi connectivity index (χ0n) is 8.41. The molecule has 1 aliphatic rings. The molecule has 0 heterocycles. The van der Waals surface area contributed by atoms with Crippen LogP contribution >= 0.6 is 23.4 Å². The van der Waals surface area contributed by atoms with Crippen LogP contribution in [0.5, 0.6) is 0 Å². The molecule has 15 heavy (non-hydrogen) atoms. The van der Waals surface area contributed by atoms with Gasteiger partial charge in [0.05, 0.1) is 11.6 Å². The highest BCUT2D eigenvalue weighted by atomic mass is 35.5. The van der Waals surface area contributed by atoms with E-state index in [4.69, 9.17) is 17.5 Å². The Morgan fingerprint density at radius 2 is 2.27 bits per heavy atom. The zero-order valence-corrected chi connectivity index (χ0v) is 9.98. The van der Waals surface area contributed by atoms with Crippen molar-refractivity contribution in [3.8, 4) is 0 Å². The monoisotopic (exact) mass is 243 g/mol. The molecule has 0 atom stereocenters. The zero-order chi connectivity index (χ0) is 10.7. The molecule has 2 nitrogen and oxygen atoms in total. The molecular formula is C11H14ClNOS. The SMILES string of the molecule is NOCCc1ccc(SC2CC2)c(Cl)c1. The summed E-state index contributed by atoms with van der Waals surface area (Å²) in [6.45, 7) is 0.533. The van der Waals surface area contributed by atoms with Gasteiger partial charge in [0.2, 0.25) is 0 Å². The van der Waals surface area contributed by atoms with Crippen molar-refractivity contribution < 1.29 is 4.84 Å². The average molecular weight is 244 g/mol. The summed E-state index contributed by atoms with van der Waals surface area (Å²) in [5.41, 5.74) is 1.17. The van der Waals surface area contributed by atoms with Crippen molar-refractivity contribution in [2.45, 2.75) is 29.4 Å². The summed E-state index contributed by atoms with van der Waals surface area (Å²) < 4.78 is 0. The van der Waals surface area contributed by atoms with E-state index in [-0.39, 0.29) is 0 Å². The predicted octanol–water partition coefficient (Wildman–Crippen LogP) is 3.03. The fourth-order valence-corrected chi connectivity index (χ4v) is 2.72. The van der Waals surface area contributed by atoms with E-state index in [0.29, 0.717) is 6.61 Å². The highest BCUT2D eigenvalue weighted by Crippen LogP contribution is 2.41. The Kier molecular flexibility index (Phi) is 3.92. The third kappa shape index (κ3) is 3.38. The molecule has 2 rings (SSSR count). The van der Waals surface area contributed by atoms with Crippen LogP contribution in [0.1, 0.15) is 18.4 Å². The molecule has 0 aromatic heterocycles. The normalized spacial score (nSPS) is 15.6. The van der Waals surface area contributed by atoms with E-state index in [1.165, 1.54) is 23.3 Å². The van der Waals surface area contributed by atoms with Gasteiger partial charge in [-0.2, -0.15) is 0 Å². The van der Waals surface area contributed by atoms with Gasteiger partial charge < -0.3 is 4.84 Å². The molecule has 0 bridgehead atoms. The smallest absolute Gasteiger partial charge is 0.0719 e. The topological polar surface area (TPSA) is 35.2 Å². The van der Waals surface area contributed by atoms with Crippen molar-refractivity contribution in [3.63, 3.8) is 0 Å². The molecule has 1 aromatic rings. The van der Waals surface area contributed by atoms with Crippen molar-refractivity contribution >= 4 is 23.4 Å². The summed E-state index contributed by atoms with van der Waals surface area (Å²) in [6, 6.07) is 6.19. The maximum Gasteiger partial charge on any atom is 0.0719 e. The molecular weight excluding hydrogens is 230 g/mol. The Bertz CT molecular complexity index is 341. The Labute approximate surface area is 99.1 Å². The third-order valence-corrected chi connectivity index (χ3v) is 4.16. The molecule has 0 aliphatic heterocycles. The van der Waals surface area contributed by atoms with Gasteiger partial charge >= 0.3 is 0 Å². The van der Waals surface area contributed by atoms with Gasteiger partial charge in [0.15, 0.2) is 0 Å². The van der Waals surface area contributed by atoms with Crippen LogP contribution in [0.15, 0.2) is 23.1 Å². The van der Waals surface area contributed by atoms with E-state index < -0.39 is 0 Å². The van der Waals surface area contributed by atoms with E-state index in [1.54, 1.807) is 0 Å². The minimum absolute atomic E-state index is 0.533. The first-order valence-corrected chi connectivity index (χ1v) is 6.32. The number of nitrogens with two attached hydrogens (primary N) is 1. The number of benzene rings is 1. The molecule has 0 unspecified atom stereocenters. The standard InChI is InChI=1S/C11H14ClNOS/c12-10-7-8(5-6-14-13)1-4-11(10)15-9-2-3-9/h1,4,7,9H,2-3,5-6,13H2. The first-order chi connectivity index (χ1) is 7.29. The highest BCUT2D eigenvalue weighted by Gasteiger charge is 2.23. The lowest BCUT2D eigenvalue weighted by Gasteiger charge is -2.05. The van der Waals surface area contributed by atoms with Crippen LogP contribution in [0.25, 0.3) is 0 Å². The highest BCUT2D eigenvalue weighted by molar-refractivity contribution is 8.00. The van der Waals surface area contributed by atoms with E-state index >= 15 is 0 Å². The Morgan fingerprint density at radius 1 is 1.47 bits per heavy atom. The molecule has 1 aliphatic carbocycles. The molecule has 0 spiro atoms. The van der Waals surface area contributed by atoms with Crippen molar-refractivity contribution in [2.75, 3.05) is 6.61 Å². The summed E-state index contributed by atoms with van der Waals surface area (Å²) in [5.74, 6) is 4.98. The minimum atomic E-state index is 0.533. The van der Waals surface area contributed by atoms with Gasteiger partial charge in [-0.1, -0.05) is 17.7 Å². The minimum Gasteiger partial charge on any atom is -0.304 e. The van der Waals surface area contributed by atoms with E-state index in [9.17, 15) is 0 Å². The maximum absolute atomic E-state index is 6.19. The number of rotatable bonds is 5. The molecule has 0 amide bonds. The average Bonchev–Trinajstić information content (AvgIpc) is 3.02. The molecule has 4 heteroatoms. The Morgan fingerprint density at radius 3 is 2.87 bits per heavy atom. The number of halogens is 1. The molecule has 0 saturated heterocycles. The quantitative estimate of drug-likeness (QED) is 0.808. The lowest BCUT2D eigenvalue weighted by molar-refractivity contribution is 0.141. The van der Waals surface area contributed by atoms with Crippen LogP contribution < -0.4 is 5.90 Å². The fourth-order valence-electron chi connectivity index (χ4n) is 1.34. The van der Waals surface area contributed by atoms with Crippen molar-refractivity contribution in [1.29, 1.82) is 0 Å². The number of thioether (sulfide) groups is 1. The van der Waals surface area contributed by atoms with Gasteiger partial charge in [0.1, 0.15) is 0 Å². The van der Waals surface area contributed by atoms with Crippen LogP contribution in [-0.2, 0) is 11.3 Å². The first kappa shape index (κ1) is 11.3. The maximum atomic E-state index is 6.19. The van der Waals surface area contributed by atoms with Gasteiger partial charge in [-0.15, -0.1) is 11.8 Å². The van der Waals surface area contributed by atoms with Gasteiger partial charge in [0, 0.05) is 10.1 Å². The molecule has 2 N–H and O–H groups in total. The van der Waals surface area contributed by atoms with Crippen LogP contribution in [0.4, 0.5) is 0 Å². The third-order valence-electron chi connectivity index (χ3n) is 2.32. The second kappa shape index (κ2) is 5.21. The molecule has 82 valence electrons. The summed E-state index contributed by atoms with van der Waals surface area (Å²) in [4.78, 5) is 5.73. The largest absolute Gasteiger partial charge is 0.304 e. The Hall–Kier alpha value is -0.220. The summed E-state index contributed by atoms with van der Waals surface area (Å²) in [5, 5.41) is 1.64. The fraction of sp³-hybridized carbons (Fsp3) is 0.455.